The van der Waals surface area contributed by atoms with Gasteiger partial charge in [0.05, 0.1) is 12.1 Å². The van der Waals surface area contributed by atoms with Gasteiger partial charge in [-0.05, 0) is 6.07 Å². The monoisotopic (exact) mass is 217 g/mol. The Balaban J connectivity index is 3.17. The van der Waals surface area contributed by atoms with Crippen LogP contribution in [0.3, 0.4) is 0 Å². The lowest BCUT2D eigenvalue weighted by atomic mass is 10.1. The van der Waals surface area contributed by atoms with Gasteiger partial charge in [0.25, 0.3) is 0 Å². The summed E-state index contributed by atoms with van der Waals surface area (Å²) in [5.74, 6) is -0.899. The van der Waals surface area contributed by atoms with Gasteiger partial charge in [0.1, 0.15) is 5.75 Å². The fraction of sp³-hybridized carbons (Fsp3) is 0.222. The maximum Gasteiger partial charge on any atom is 0.419 e. The number of aliphatic imine (C=N–C) groups is 1. The molecule has 0 spiro atoms. The molecule has 0 unspecified atom stereocenters. The Morgan fingerprint density at radius 1 is 1.40 bits per heavy atom. The van der Waals surface area contributed by atoms with Crippen LogP contribution in [0.1, 0.15) is 11.1 Å². The molecule has 0 radical (unpaired) electrons. The number of carbonyl (C=O) groups excluding carboxylic acids is 1. The lowest BCUT2D eigenvalue weighted by Crippen LogP contribution is -2.06. The number of hydrogen-bond acceptors (Lipinski definition) is 3. The third kappa shape index (κ3) is 2.57. The second kappa shape index (κ2) is 4.14. The van der Waals surface area contributed by atoms with E-state index in [1.165, 1.54) is 12.1 Å². The number of benzene rings is 1. The van der Waals surface area contributed by atoms with E-state index in [2.05, 4.69) is 4.99 Å². The maximum absolute atomic E-state index is 12.3. The number of para-hydroxylation sites is 1. The molecule has 0 atom stereocenters. The highest BCUT2D eigenvalue weighted by atomic mass is 19.4. The van der Waals surface area contributed by atoms with Crippen molar-refractivity contribution in [3.63, 3.8) is 0 Å². The topological polar surface area (TPSA) is 49.7 Å². The summed E-state index contributed by atoms with van der Waals surface area (Å²) < 4.78 is 36.8. The summed E-state index contributed by atoms with van der Waals surface area (Å²) in [7, 11) is 0. The van der Waals surface area contributed by atoms with Crippen molar-refractivity contribution in [2.24, 2.45) is 4.99 Å². The van der Waals surface area contributed by atoms with Crippen LogP contribution in [0.15, 0.2) is 23.2 Å². The minimum absolute atomic E-state index is 0.0619. The summed E-state index contributed by atoms with van der Waals surface area (Å²) in [5.41, 5.74) is -1.20. The fourth-order valence-corrected chi connectivity index (χ4v) is 1.07. The Hall–Kier alpha value is -1.81. The molecular weight excluding hydrogens is 211 g/mol. The van der Waals surface area contributed by atoms with Crippen LogP contribution < -0.4 is 0 Å². The molecule has 0 saturated heterocycles. The molecule has 15 heavy (non-hydrogen) atoms. The Bertz CT molecular complexity index is 408. The van der Waals surface area contributed by atoms with Gasteiger partial charge in [0.15, 0.2) is 0 Å². The predicted octanol–water partition coefficient (Wildman–Crippen LogP) is 2.25. The predicted molar refractivity (Wildman–Crippen MR) is 44.9 cm³/mol. The molecule has 1 N–H and O–H groups in total. The minimum atomic E-state index is -4.62. The summed E-state index contributed by atoms with van der Waals surface area (Å²) in [6, 6.07) is 3.15. The molecule has 1 aromatic rings. The van der Waals surface area contributed by atoms with E-state index in [0.717, 1.165) is 12.1 Å². The molecule has 0 fully saturated rings. The quantitative estimate of drug-likeness (QED) is 0.610. The molecular formula is C9H6F3NO2. The highest BCUT2D eigenvalue weighted by molar-refractivity contribution is 5.43. The molecule has 0 aliphatic heterocycles. The number of phenols is 1. The lowest BCUT2D eigenvalue weighted by molar-refractivity contribution is -0.138. The van der Waals surface area contributed by atoms with Crippen LogP contribution in [0.2, 0.25) is 0 Å². The fourth-order valence-electron chi connectivity index (χ4n) is 1.07. The first-order valence-electron chi connectivity index (χ1n) is 3.88. The molecule has 6 heteroatoms. The summed E-state index contributed by atoms with van der Waals surface area (Å²) >= 11 is 0. The Morgan fingerprint density at radius 2 is 2.07 bits per heavy atom. The smallest absolute Gasteiger partial charge is 0.419 e. The number of nitrogens with zero attached hydrogens (tertiary/aromatic N) is 1. The van der Waals surface area contributed by atoms with E-state index < -0.39 is 17.5 Å². The number of rotatable bonds is 2. The third-order valence-corrected chi connectivity index (χ3v) is 1.74. The lowest BCUT2D eigenvalue weighted by Gasteiger charge is -2.10. The zero-order valence-electron chi connectivity index (χ0n) is 7.38. The van der Waals surface area contributed by atoms with Crippen LogP contribution in [-0.4, -0.2) is 11.2 Å². The highest BCUT2D eigenvalue weighted by Gasteiger charge is 2.34. The number of isocyanates is 1. The first-order chi connectivity index (χ1) is 6.96. The molecule has 0 aliphatic carbocycles. The highest BCUT2D eigenvalue weighted by Crippen LogP contribution is 2.37. The van der Waals surface area contributed by atoms with Crippen molar-refractivity contribution in [1.82, 2.24) is 0 Å². The van der Waals surface area contributed by atoms with Crippen LogP contribution >= 0.6 is 0 Å². The van der Waals surface area contributed by atoms with Crippen molar-refractivity contribution in [2.75, 3.05) is 0 Å². The Morgan fingerprint density at radius 3 is 2.60 bits per heavy atom. The van der Waals surface area contributed by atoms with Crippen molar-refractivity contribution >= 4 is 6.08 Å². The average molecular weight is 217 g/mol. The van der Waals surface area contributed by atoms with Gasteiger partial charge in [-0.2, -0.15) is 13.2 Å². The summed E-state index contributed by atoms with van der Waals surface area (Å²) in [5, 5.41) is 9.24. The number of alkyl halides is 3. The molecule has 0 aromatic heterocycles. The normalized spacial score (nSPS) is 10.9. The SMILES string of the molecule is O=C=NCc1cccc(C(F)(F)F)c1O. The van der Waals surface area contributed by atoms with Crippen molar-refractivity contribution in [1.29, 1.82) is 0 Å². The largest absolute Gasteiger partial charge is 0.507 e. The van der Waals surface area contributed by atoms with Gasteiger partial charge >= 0.3 is 6.18 Å². The van der Waals surface area contributed by atoms with Gasteiger partial charge in [-0.1, -0.05) is 12.1 Å². The van der Waals surface area contributed by atoms with Crippen LogP contribution in [0.25, 0.3) is 0 Å². The molecule has 1 rings (SSSR count). The third-order valence-electron chi connectivity index (χ3n) is 1.74. The molecule has 3 nitrogen and oxygen atoms in total. The number of halogens is 3. The van der Waals surface area contributed by atoms with Crippen LogP contribution in [-0.2, 0) is 17.5 Å². The first-order valence-corrected chi connectivity index (χ1v) is 3.88. The van der Waals surface area contributed by atoms with E-state index in [0.29, 0.717) is 0 Å². The van der Waals surface area contributed by atoms with Crippen molar-refractivity contribution in [2.45, 2.75) is 12.7 Å². The van der Waals surface area contributed by atoms with Crippen LogP contribution in [0.4, 0.5) is 13.2 Å². The van der Waals surface area contributed by atoms with Gasteiger partial charge in [-0.3, -0.25) is 0 Å². The van der Waals surface area contributed by atoms with E-state index in [1.54, 1.807) is 0 Å². The number of hydrogen-bond donors (Lipinski definition) is 1. The number of aromatic hydroxyl groups is 1. The molecule has 0 bridgehead atoms. The van der Waals surface area contributed by atoms with E-state index >= 15 is 0 Å². The average Bonchev–Trinajstić information content (AvgIpc) is 2.14. The molecule has 0 saturated carbocycles. The van der Waals surface area contributed by atoms with E-state index in [9.17, 15) is 23.1 Å². The van der Waals surface area contributed by atoms with E-state index in [4.69, 9.17) is 0 Å². The van der Waals surface area contributed by atoms with Gasteiger partial charge in [-0.15, -0.1) is 0 Å². The van der Waals surface area contributed by atoms with Crippen molar-refractivity contribution in [3.8, 4) is 5.75 Å². The zero-order valence-corrected chi connectivity index (χ0v) is 7.38. The standard InChI is InChI=1S/C9H6F3NO2/c10-9(11,12)7-3-1-2-6(8(7)15)4-13-5-14/h1-3,15H,4H2. The summed E-state index contributed by atoms with van der Waals surface area (Å²) in [6.07, 6.45) is -3.44. The molecule has 0 heterocycles. The van der Waals surface area contributed by atoms with Crippen LogP contribution in [0.5, 0.6) is 5.75 Å². The van der Waals surface area contributed by atoms with Gasteiger partial charge in [0, 0.05) is 5.56 Å². The number of phenolic OH excluding ortho intramolecular Hbond substituents is 1. The van der Waals surface area contributed by atoms with Crippen molar-refractivity contribution < 1.29 is 23.1 Å². The minimum Gasteiger partial charge on any atom is -0.507 e. The van der Waals surface area contributed by atoms with E-state index in [-0.39, 0.29) is 12.1 Å². The van der Waals surface area contributed by atoms with Crippen molar-refractivity contribution in [3.05, 3.63) is 29.3 Å². The summed E-state index contributed by atoms with van der Waals surface area (Å²) in [4.78, 5) is 12.9. The Labute approximate surface area is 82.9 Å². The first kappa shape index (κ1) is 11.3. The second-order valence-corrected chi connectivity index (χ2v) is 2.72. The molecule has 80 valence electrons. The van der Waals surface area contributed by atoms with E-state index in [1.807, 2.05) is 0 Å². The van der Waals surface area contributed by atoms with Crippen LogP contribution in [0, 0.1) is 0 Å². The maximum atomic E-state index is 12.3. The molecule has 0 aliphatic rings. The zero-order chi connectivity index (χ0) is 11.5. The molecule has 1 aromatic carbocycles. The van der Waals surface area contributed by atoms with Gasteiger partial charge in [0.2, 0.25) is 6.08 Å². The van der Waals surface area contributed by atoms with Gasteiger partial charge in [-0.25, -0.2) is 9.79 Å². The Kier molecular flexibility index (Phi) is 3.11. The second-order valence-electron chi connectivity index (χ2n) is 2.72. The molecule has 0 amide bonds. The van der Waals surface area contributed by atoms with Gasteiger partial charge < -0.3 is 5.11 Å². The summed E-state index contributed by atoms with van der Waals surface area (Å²) in [6.45, 7) is -0.320.